The largest absolute Gasteiger partial charge is 0.491 e. The molecule has 1 aromatic rings. The molecule has 0 saturated carbocycles. The van der Waals surface area contributed by atoms with Crippen LogP contribution in [0.2, 0.25) is 0 Å². The Hall–Kier alpha value is -1.71. The summed E-state index contributed by atoms with van der Waals surface area (Å²) in [6.07, 6.45) is 0.803. The Labute approximate surface area is 108 Å². The number of carbonyl (C=O) groups is 1. The van der Waals surface area contributed by atoms with Crippen LogP contribution in [-0.4, -0.2) is 19.2 Å². The van der Waals surface area contributed by atoms with Crippen molar-refractivity contribution in [3.8, 4) is 5.75 Å². The first-order valence-corrected chi connectivity index (χ1v) is 6.24. The van der Waals surface area contributed by atoms with E-state index in [1.807, 2.05) is 6.92 Å². The lowest BCUT2D eigenvalue weighted by molar-refractivity contribution is 0.0504. The lowest BCUT2D eigenvalue weighted by Gasteiger charge is -2.12. The quantitative estimate of drug-likeness (QED) is 0.623. The highest BCUT2D eigenvalue weighted by atomic mass is 16.5. The molecule has 18 heavy (non-hydrogen) atoms. The van der Waals surface area contributed by atoms with E-state index in [1.54, 1.807) is 18.2 Å². The molecular formula is C14H21NO3. The van der Waals surface area contributed by atoms with E-state index >= 15 is 0 Å². The Bertz CT molecular complexity index is 402. The van der Waals surface area contributed by atoms with Crippen LogP contribution in [0.25, 0.3) is 0 Å². The minimum Gasteiger partial charge on any atom is -0.491 e. The van der Waals surface area contributed by atoms with Crippen LogP contribution < -0.4 is 10.5 Å². The molecule has 0 fully saturated rings. The molecule has 0 spiro atoms. The summed E-state index contributed by atoms with van der Waals surface area (Å²) < 4.78 is 10.6. The summed E-state index contributed by atoms with van der Waals surface area (Å²) >= 11 is 0. The van der Waals surface area contributed by atoms with E-state index < -0.39 is 0 Å². The number of ether oxygens (including phenoxy) is 2. The van der Waals surface area contributed by atoms with Crippen LogP contribution >= 0.6 is 0 Å². The molecule has 0 unspecified atom stereocenters. The van der Waals surface area contributed by atoms with Crippen molar-refractivity contribution in [3.05, 3.63) is 23.8 Å². The average Bonchev–Trinajstić information content (AvgIpc) is 2.34. The Morgan fingerprint density at radius 1 is 1.39 bits per heavy atom. The topological polar surface area (TPSA) is 61.5 Å². The molecule has 1 rings (SSSR count). The maximum atomic E-state index is 11.7. The monoisotopic (exact) mass is 251 g/mol. The summed E-state index contributed by atoms with van der Waals surface area (Å²) in [7, 11) is 0. The van der Waals surface area contributed by atoms with Crippen LogP contribution in [0.4, 0.5) is 5.69 Å². The summed E-state index contributed by atoms with van der Waals surface area (Å²) in [5, 5.41) is 0. The normalized spacial score (nSPS) is 10.4. The third-order valence-electron chi connectivity index (χ3n) is 2.26. The first-order valence-electron chi connectivity index (χ1n) is 6.24. The number of nitrogen functional groups attached to an aromatic ring is 1. The van der Waals surface area contributed by atoms with Crippen LogP contribution in [0.3, 0.4) is 0 Å². The molecule has 100 valence electrons. The smallest absolute Gasteiger partial charge is 0.338 e. The Morgan fingerprint density at radius 3 is 2.72 bits per heavy atom. The predicted molar refractivity (Wildman–Crippen MR) is 71.8 cm³/mol. The maximum Gasteiger partial charge on any atom is 0.338 e. The van der Waals surface area contributed by atoms with Gasteiger partial charge in [0.05, 0.1) is 24.5 Å². The van der Waals surface area contributed by atoms with Gasteiger partial charge in [0, 0.05) is 0 Å². The SMILES string of the molecule is CCCOC(=O)c1ccc(N)c(OCC(C)C)c1. The van der Waals surface area contributed by atoms with Gasteiger partial charge in [-0.2, -0.15) is 0 Å². The molecule has 0 amide bonds. The molecule has 0 aromatic heterocycles. The molecule has 0 aliphatic rings. The Morgan fingerprint density at radius 2 is 2.11 bits per heavy atom. The molecule has 0 aliphatic heterocycles. The zero-order chi connectivity index (χ0) is 13.5. The average molecular weight is 251 g/mol. The van der Waals surface area contributed by atoms with Crippen molar-refractivity contribution >= 4 is 11.7 Å². The van der Waals surface area contributed by atoms with E-state index in [9.17, 15) is 4.79 Å². The first-order chi connectivity index (χ1) is 8.54. The number of nitrogens with two attached hydrogens (primary N) is 1. The van der Waals surface area contributed by atoms with Crippen LogP contribution in [-0.2, 0) is 4.74 Å². The van der Waals surface area contributed by atoms with E-state index in [0.717, 1.165) is 6.42 Å². The zero-order valence-electron chi connectivity index (χ0n) is 11.2. The molecule has 2 N–H and O–H groups in total. The van der Waals surface area contributed by atoms with E-state index in [4.69, 9.17) is 15.2 Å². The van der Waals surface area contributed by atoms with Crippen molar-refractivity contribution in [2.24, 2.45) is 5.92 Å². The zero-order valence-corrected chi connectivity index (χ0v) is 11.2. The minimum absolute atomic E-state index is 0.341. The fourth-order valence-corrected chi connectivity index (χ4v) is 1.32. The molecule has 0 heterocycles. The molecule has 0 aliphatic carbocycles. The minimum atomic E-state index is -0.341. The maximum absolute atomic E-state index is 11.7. The number of esters is 1. The number of carbonyl (C=O) groups excluding carboxylic acids is 1. The number of hydrogen-bond acceptors (Lipinski definition) is 4. The number of hydrogen-bond donors (Lipinski definition) is 1. The van der Waals surface area contributed by atoms with E-state index in [-0.39, 0.29) is 5.97 Å². The van der Waals surface area contributed by atoms with E-state index in [1.165, 1.54) is 0 Å². The van der Waals surface area contributed by atoms with Crippen LogP contribution in [0.1, 0.15) is 37.6 Å². The van der Waals surface area contributed by atoms with E-state index in [2.05, 4.69) is 13.8 Å². The molecular weight excluding hydrogens is 230 g/mol. The van der Waals surface area contributed by atoms with Gasteiger partial charge in [-0.1, -0.05) is 20.8 Å². The molecule has 0 saturated heterocycles. The summed E-state index contributed by atoms with van der Waals surface area (Å²) in [4.78, 5) is 11.7. The van der Waals surface area contributed by atoms with Crippen LogP contribution in [0.5, 0.6) is 5.75 Å². The summed E-state index contributed by atoms with van der Waals surface area (Å²) in [5.41, 5.74) is 6.80. The van der Waals surface area contributed by atoms with Gasteiger partial charge < -0.3 is 15.2 Å². The number of benzene rings is 1. The second kappa shape index (κ2) is 6.89. The fourth-order valence-electron chi connectivity index (χ4n) is 1.32. The summed E-state index contributed by atoms with van der Waals surface area (Å²) in [6, 6.07) is 4.95. The fraction of sp³-hybridized carbons (Fsp3) is 0.500. The predicted octanol–water partition coefficient (Wildman–Crippen LogP) is 2.87. The highest BCUT2D eigenvalue weighted by Gasteiger charge is 2.10. The molecule has 4 nitrogen and oxygen atoms in total. The van der Waals surface area contributed by atoms with Gasteiger partial charge in [-0.05, 0) is 30.5 Å². The van der Waals surface area contributed by atoms with Gasteiger partial charge in [0.2, 0.25) is 0 Å². The van der Waals surface area contributed by atoms with Gasteiger partial charge in [-0.15, -0.1) is 0 Å². The lowest BCUT2D eigenvalue weighted by atomic mass is 10.2. The number of anilines is 1. The Kier molecular flexibility index (Phi) is 5.49. The van der Waals surface area contributed by atoms with Crippen molar-refractivity contribution in [1.82, 2.24) is 0 Å². The first kappa shape index (κ1) is 14.4. The Balaban J connectivity index is 2.76. The third kappa shape index (κ3) is 4.28. The molecule has 0 bridgehead atoms. The second-order valence-electron chi connectivity index (χ2n) is 4.59. The van der Waals surface area contributed by atoms with Gasteiger partial charge in [0.15, 0.2) is 0 Å². The van der Waals surface area contributed by atoms with Crippen LogP contribution in [0, 0.1) is 5.92 Å². The second-order valence-corrected chi connectivity index (χ2v) is 4.59. The molecule has 0 radical (unpaired) electrons. The highest BCUT2D eigenvalue weighted by molar-refractivity contribution is 5.90. The van der Waals surface area contributed by atoms with Crippen molar-refractivity contribution in [3.63, 3.8) is 0 Å². The molecule has 4 heteroatoms. The van der Waals surface area contributed by atoms with Crippen molar-refractivity contribution in [2.45, 2.75) is 27.2 Å². The summed E-state index contributed by atoms with van der Waals surface area (Å²) in [6.45, 7) is 7.04. The van der Waals surface area contributed by atoms with Gasteiger partial charge in [-0.3, -0.25) is 0 Å². The van der Waals surface area contributed by atoms with Gasteiger partial charge in [0.25, 0.3) is 0 Å². The summed E-state index contributed by atoms with van der Waals surface area (Å²) in [5.74, 6) is 0.598. The van der Waals surface area contributed by atoms with Gasteiger partial charge >= 0.3 is 5.97 Å². The number of rotatable bonds is 6. The highest BCUT2D eigenvalue weighted by Crippen LogP contribution is 2.23. The van der Waals surface area contributed by atoms with Crippen molar-refractivity contribution in [2.75, 3.05) is 18.9 Å². The van der Waals surface area contributed by atoms with Gasteiger partial charge in [-0.25, -0.2) is 4.79 Å². The van der Waals surface area contributed by atoms with Crippen molar-refractivity contribution < 1.29 is 14.3 Å². The van der Waals surface area contributed by atoms with E-state index in [0.29, 0.717) is 36.1 Å². The lowest BCUT2D eigenvalue weighted by Crippen LogP contribution is -2.09. The van der Waals surface area contributed by atoms with Crippen molar-refractivity contribution in [1.29, 1.82) is 0 Å². The third-order valence-corrected chi connectivity index (χ3v) is 2.26. The standard InChI is InChI=1S/C14H21NO3/c1-4-7-17-14(16)11-5-6-12(15)13(8-11)18-9-10(2)3/h5-6,8,10H,4,7,9,15H2,1-3H3. The molecule has 1 aromatic carbocycles. The molecule has 0 atom stereocenters. The van der Waals surface area contributed by atoms with Crippen LogP contribution in [0.15, 0.2) is 18.2 Å². The van der Waals surface area contributed by atoms with Gasteiger partial charge in [0.1, 0.15) is 5.75 Å².